The monoisotopic (exact) mass is 300 g/mol. The molecule has 1 heterocycles. The van der Waals surface area contributed by atoms with Crippen LogP contribution >= 0.6 is 0 Å². The van der Waals surface area contributed by atoms with Crippen molar-refractivity contribution in [1.29, 1.82) is 0 Å². The summed E-state index contributed by atoms with van der Waals surface area (Å²) in [6.45, 7) is 1.59. The standard InChI is InChI=1S/C11H9FN2O5S/c1-6-5-19-11(13-6)14-20(17,18)9-3-2-7(10(15)16)4-8(9)12/h2-5H,1H3,(H,13,14)(H,15,16). The van der Waals surface area contributed by atoms with Gasteiger partial charge in [-0.3, -0.25) is 0 Å². The SMILES string of the molecule is Cc1coc(NS(=O)(=O)c2ccc(C(=O)O)cc2F)n1. The first-order valence-corrected chi connectivity index (χ1v) is 6.76. The number of aryl methyl sites for hydroxylation is 1. The maximum atomic E-state index is 13.7. The summed E-state index contributed by atoms with van der Waals surface area (Å²) in [4.78, 5) is 13.7. The Balaban J connectivity index is 2.37. The van der Waals surface area contributed by atoms with Crippen LogP contribution < -0.4 is 4.72 Å². The molecule has 0 bridgehead atoms. The van der Waals surface area contributed by atoms with Gasteiger partial charge in [0.1, 0.15) is 17.0 Å². The van der Waals surface area contributed by atoms with Crippen LogP contribution in [0.2, 0.25) is 0 Å². The molecule has 1 aromatic carbocycles. The zero-order valence-electron chi connectivity index (χ0n) is 10.1. The van der Waals surface area contributed by atoms with Crippen LogP contribution in [0.25, 0.3) is 0 Å². The van der Waals surface area contributed by atoms with Gasteiger partial charge in [-0.2, -0.15) is 4.98 Å². The number of sulfonamides is 1. The van der Waals surface area contributed by atoms with Crippen molar-refractivity contribution in [2.45, 2.75) is 11.8 Å². The highest BCUT2D eigenvalue weighted by Gasteiger charge is 2.22. The quantitative estimate of drug-likeness (QED) is 0.888. The molecule has 0 saturated carbocycles. The summed E-state index contributed by atoms with van der Waals surface area (Å²) >= 11 is 0. The van der Waals surface area contributed by atoms with Crippen molar-refractivity contribution >= 4 is 22.0 Å². The largest absolute Gasteiger partial charge is 0.478 e. The summed E-state index contributed by atoms with van der Waals surface area (Å²) in [5.74, 6) is -2.54. The summed E-state index contributed by atoms with van der Waals surface area (Å²) in [6, 6.07) is 2.17. The van der Waals surface area contributed by atoms with Crippen molar-refractivity contribution in [1.82, 2.24) is 4.98 Å². The fraction of sp³-hybridized carbons (Fsp3) is 0.0909. The van der Waals surface area contributed by atoms with Crippen LogP contribution in [-0.2, 0) is 10.0 Å². The average molecular weight is 300 g/mol. The molecule has 7 nitrogen and oxygen atoms in total. The van der Waals surface area contributed by atoms with Crippen molar-refractivity contribution in [3.05, 3.63) is 41.5 Å². The summed E-state index contributed by atoms with van der Waals surface area (Å²) in [5.41, 5.74) is 0.0952. The number of oxazole rings is 1. The van der Waals surface area contributed by atoms with Crippen LogP contribution in [-0.4, -0.2) is 24.5 Å². The fourth-order valence-electron chi connectivity index (χ4n) is 1.42. The molecule has 0 atom stereocenters. The minimum Gasteiger partial charge on any atom is -0.478 e. The van der Waals surface area contributed by atoms with E-state index in [-0.39, 0.29) is 11.6 Å². The van der Waals surface area contributed by atoms with Gasteiger partial charge < -0.3 is 9.52 Å². The van der Waals surface area contributed by atoms with Gasteiger partial charge in [0, 0.05) is 0 Å². The molecule has 2 rings (SSSR count). The zero-order chi connectivity index (χ0) is 14.9. The highest BCUT2D eigenvalue weighted by atomic mass is 32.2. The molecule has 106 valence electrons. The molecule has 0 fully saturated rings. The minimum atomic E-state index is -4.25. The van der Waals surface area contributed by atoms with Gasteiger partial charge in [0.25, 0.3) is 10.0 Å². The topological polar surface area (TPSA) is 110 Å². The van der Waals surface area contributed by atoms with E-state index in [0.29, 0.717) is 11.8 Å². The predicted octanol–water partition coefficient (Wildman–Crippen LogP) is 1.62. The number of carbonyl (C=O) groups is 1. The molecule has 0 radical (unpaired) electrons. The second-order valence-corrected chi connectivity index (χ2v) is 5.50. The molecular formula is C11H9FN2O5S. The number of nitrogens with zero attached hydrogens (tertiary/aromatic N) is 1. The molecule has 0 saturated heterocycles. The van der Waals surface area contributed by atoms with Crippen molar-refractivity contribution in [3.8, 4) is 0 Å². The number of benzene rings is 1. The summed E-state index contributed by atoms with van der Waals surface area (Å²) < 4.78 is 44.3. The number of hydrogen-bond acceptors (Lipinski definition) is 5. The maximum Gasteiger partial charge on any atom is 0.335 e. The molecule has 0 aliphatic rings. The smallest absolute Gasteiger partial charge is 0.335 e. The van der Waals surface area contributed by atoms with Gasteiger partial charge in [0.15, 0.2) is 0 Å². The molecule has 9 heteroatoms. The van der Waals surface area contributed by atoms with Crippen LogP contribution in [0.1, 0.15) is 16.1 Å². The molecule has 2 aromatic rings. The van der Waals surface area contributed by atoms with Crippen LogP contribution in [0.4, 0.5) is 10.4 Å². The van der Waals surface area contributed by atoms with Crippen LogP contribution in [0.3, 0.4) is 0 Å². The Morgan fingerprint density at radius 1 is 1.45 bits per heavy atom. The summed E-state index contributed by atoms with van der Waals surface area (Å²) in [5, 5.41) is 8.68. The summed E-state index contributed by atoms with van der Waals surface area (Å²) in [7, 11) is -4.25. The number of carboxylic acids is 1. The van der Waals surface area contributed by atoms with E-state index in [1.54, 1.807) is 6.92 Å². The maximum absolute atomic E-state index is 13.7. The third kappa shape index (κ3) is 2.77. The first-order chi connectivity index (χ1) is 9.29. The fourth-order valence-corrected chi connectivity index (χ4v) is 2.42. The highest BCUT2D eigenvalue weighted by molar-refractivity contribution is 7.92. The predicted molar refractivity (Wildman–Crippen MR) is 65.4 cm³/mol. The van der Waals surface area contributed by atoms with Crippen molar-refractivity contribution in [2.75, 3.05) is 4.72 Å². The Kier molecular flexibility index (Phi) is 3.45. The molecule has 0 amide bonds. The molecular weight excluding hydrogens is 291 g/mol. The number of aromatic carboxylic acids is 1. The minimum absolute atomic E-state index is 0.302. The number of anilines is 1. The van der Waals surface area contributed by atoms with Gasteiger partial charge in [0.2, 0.25) is 0 Å². The number of rotatable bonds is 4. The molecule has 20 heavy (non-hydrogen) atoms. The molecule has 2 N–H and O–H groups in total. The van der Waals surface area contributed by atoms with E-state index in [4.69, 9.17) is 9.52 Å². The number of carboxylic acid groups (broad SMARTS) is 1. The highest BCUT2D eigenvalue weighted by Crippen LogP contribution is 2.19. The molecule has 0 aliphatic heterocycles. The average Bonchev–Trinajstić information content (AvgIpc) is 2.73. The summed E-state index contributed by atoms with van der Waals surface area (Å²) in [6.07, 6.45) is 1.22. The van der Waals surface area contributed by atoms with Crippen molar-refractivity contribution < 1.29 is 27.1 Å². The van der Waals surface area contributed by atoms with Crippen LogP contribution in [0.15, 0.2) is 33.8 Å². The van der Waals surface area contributed by atoms with E-state index in [0.717, 1.165) is 12.1 Å². The lowest BCUT2D eigenvalue weighted by Crippen LogP contribution is -2.15. The Morgan fingerprint density at radius 2 is 2.15 bits per heavy atom. The lowest BCUT2D eigenvalue weighted by atomic mass is 10.2. The van der Waals surface area contributed by atoms with Crippen LogP contribution in [0, 0.1) is 12.7 Å². The Morgan fingerprint density at radius 3 is 2.65 bits per heavy atom. The zero-order valence-corrected chi connectivity index (χ0v) is 10.9. The Labute approximate surface area is 113 Å². The number of hydrogen-bond donors (Lipinski definition) is 2. The lowest BCUT2D eigenvalue weighted by Gasteiger charge is -2.06. The van der Waals surface area contributed by atoms with E-state index in [2.05, 4.69) is 4.98 Å². The van der Waals surface area contributed by atoms with E-state index < -0.39 is 26.7 Å². The lowest BCUT2D eigenvalue weighted by molar-refractivity contribution is 0.0696. The molecule has 1 aromatic heterocycles. The third-order valence-electron chi connectivity index (χ3n) is 2.31. The van der Waals surface area contributed by atoms with Gasteiger partial charge in [-0.1, -0.05) is 0 Å². The Bertz CT molecular complexity index is 769. The van der Waals surface area contributed by atoms with E-state index in [9.17, 15) is 17.6 Å². The van der Waals surface area contributed by atoms with Gasteiger partial charge >= 0.3 is 12.0 Å². The first-order valence-electron chi connectivity index (χ1n) is 5.27. The number of halogens is 1. The third-order valence-corrected chi connectivity index (χ3v) is 3.66. The number of nitrogens with one attached hydrogen (secondary N) is 1. The molecule has 0 unspecified atom stereocenters. The first kappa shape index (κ1) is 14.0. The van der Waals surface area contributed by atoms with Gasteiger partial charge in [-0.05, 0) is 25.1 Å². The van der Waals surface area contributed by atoms with E-state index in [1.807, 2.05) is 4.72 Å². The second kappa shape index (κ2) is 4.93. The molecule has 0 aliphatic carbocycles. The second-order valence-electron chi connectivity index (χ2n) is 3.85. The van der Waals surface area contributed by atoms with Crippen molar-refractivity contribution in [3.63, 3.8) is 0 Å². The Hall–Kier alpha value is -2.42. The van der Waals surface area contributed by atoms with Crippen molar-refractivity contribution in [2.24, 2.45) is 0 Å². The van der Waals surface area contributed by atoms with Gasteiger partial charge in [0.05, 0.1) is 11.3 Å². The van der Waals surface area contributed by atoms with E-state index in [1.165, 1.54) is 6.26 Å². The van der Waals surface area contributed by atoms with Crippen LogP contribution in [0.5, 0.6) is 0 Å². The van der Waals surface area contributed by atoms with Gasteiger partial charge in [-0.15, -0.1) is 0 Å². The molecule has 0 spiro atoms. The van der Waals surface area contributed by atoms with E-state index >= 15 is 0 Å². The number of aromatic nitrogens is 1. The normalized spacial score (nSPS) is 11.3. The van der Waals surface area contributed by atoms with Gasteiger partial charge in [-0.25, -0.2) is 22.3 Å².